The van der Waals surface area contributed by atoms with Gasteiger partial charge in [0.15, 0.2) is 12.4 Å². The van der Waals surface area contributed by atoms with Gasteiger partial charge in [-0.2, -0.15) is 0 Å². The third-order valence-corrected chi connectivity index (χ3v) is 12.2. The smallest absolute Gasteiger partial charge is 0.338 e. The molecule has 0 saturated carbocycles. The minimum atomic E-state index is -1.39. The molecule has 53 heavy (non-hydrogen) atoms. The van der Waals surface area contributed by atoms with E-state index in [1.165, 1.54) is 24.3 Å². The maximum Gasteiger partial charge on any atom is 0.338 e. The van der Waals surface area contributed by atoms with Gasteiger partial charge in [-0.25, -0.2) is 4.79 Å². The number of alkyl halides is 2. The first-order valence-corrected chi connectivity index (χ1v) is 18.4. The molecule has 264 valence electrons. The second kappa shape index (κ2) is 13.4. The highest BCUT2D eigenvalue weighted by Gasteiger charge is 2.73. The number of ketones is 1. The van der Waals surface area contributed by atoms with E-state index in [9.17, 15) is 24.0 Å². The van der Waals surface area contributed by atoms with Gasteiger partial charge < -0.3 is 10.1 Å². The maximum atomic E-state index is 14.7. The predicted octanol–water partition coefficient (Wildman–Crippen LogP) is 7.63. The summed E-state index contributed by atoms with van der Waals surface area (Å²) in [6, 6.07) is 35.2. The zero-order valence-electron chi connectivity index (χ0n) is 27.8. The van der Waals surface area contributed by atoms with Gasteiger partial charge in [0.2, 0.25) is 17.7 Å². The molecule has 3 aliphatic carbocycles. The van der Waals surface area contributed by atoms with Crippen molar-refractivity contribution in [1.29, 1.82) is 0 Å². The van der Waals surface area contributed by atoms with Crippen molar-refractivity contribution in [3.05, 3.63) is 171 Å². The molecule has 3 amide bonds. The van der Waals surface area contributed by atoms with E-state index in [4.69, 9.17) is 27.9 Å². The minimum absolute atomic E-state index is 0.0326. The van der Waals surface area contributed by atoms with Crippen LogP contribution in [0, 0.1) is 11.8 Å². The summed E-state index contributed by atoms with van der Waals surface area (Å²) in [7, 11) is 0. The number of nitrogens with one attached hydrogen (secondary N) is 1. The fraction of sp³-hybridized carbons (Fsp3) is 0.167. The lowest BCUT2D eigenvalue weighted by Crippen LogP contribution is -2.57. The van der Waals surface area contributed by atoms with Gasteiger partial charge in [-0.1, -0.05) is 107 Å². The SMILES string of the molecule is O=C(COC(=O)c1ccc(NC(=O)[C@H](Cc2ccccc2)N2C(=O)[C@@H]3[C@H](C2=O)C2(Cl)c4ccccc4C3(Cl)c3ccccc32)cc1)c1ccc(Br)cc1. The zero-order valence-corrected chi connectivity index (χ0v) is 30.9. The van der Waals surface area contributed by atoms with E-state index in [1.807, 2.05) is 78.9 Å². The maximum absolute atomic E-state index is 14.7. The van der Waals surface area contributed by atoms with Crippen molar-refractivity contribution in [2.24, 2.45) is 11.8 Å². The summed E-state index contributed by atoms with van der Waals surface area (Å²) in [6.07, 6.45) is 0.0326. The van der Waals surface area contributed by atoms with Crippen LogP contribution >= 0.6 is 39.1 Å². The summed E-state index contributed by atoms with van der Waals surface area (Å²) in [5.74, 6) is -4.96. The second-order valence-corrected chi connectivity index (χ2v) is 15.4. The van der Waals surface area contributed by atoms with Crippen LogP contribution in [-0.4, -0.2) is 47.0 Å². The first-order chi connectivity index (χ1) is 25.5. The zero-order chi connectivity index (χ0) is 37.1. The Morgan fingerprint density at radius 2 is 1.15 bits per heavy atom. The standard InChI is InChI=1S/C42H29BrCl2N2O6/c43-27-18-14-25(15-19-27)34(48)23-53-40(52)26-16-20-28(21-17-26)46-37(49)33(22-24-8-2-1-3-9-24)47-38(50)35-36(39(47)51)42(45)30-11-5-4-10-29(30)41(35,44)31-12-6-7-13-32(31)42/h1-21,33,35-36H,22-23H2,(H,46,49)/t33-,35-,36+,41?,42?/m0/s1. The number of ether oxygens (including phenoxy) is 1. The number of halogens is 3. The summed E-state index contributed by atoms with van der Waals surface area (Å²) in [5.41, 5.74) is 4.28. The molecule has 4 aliphatic rings. The third kappa shape index (κ3) is 5.61. The van der Waals surface area contributed by atoms with E-state index in [0.29, 0.717) is 33.5 Å². The molecule has 1 heterocycles. The van der Waals surface area contributed by atoms with E-state index < -0.39 is 57.9 Å². The Kier molecular flexibility index (Phi) is 8.84. The Morgan fingerprint density at radius 1 is 0.679 bits per heavy atom. The van der Waals surface area contributed by atoms with E-state index in [-0.39, 0.29) is 17.8 Å². The number of esters is 1. The van der Waals surface area contributed by atoms with Crippen molar-refractivity contribution in [3.8, 4) is 0 Å². The van der Waals surface area contributed by atoms with Gasteiger partial charge in [0.25, 0.3) is 0 Å². The van der Waals surface area contributed by atoms with Crippen LogP contribution in [0.4, 0.5) is 5.69 Å². The number of hydrogen-bond acceptors (Lipinski definition) is 6. The summed E-state index contributed by atoms with van der Waals surface area (Å²) in [4.78, 5) is 67.2. The number of hydrogen-bond donors (Lipinski definition) is 1. The molecule has 0 unspecified atom stereocenters. The van der Waals surface area contributed by atoms with E-state index in [0.717, 1.165) is 14.9 Å². The molecule has 1 aliphatic heterocycles. The van der Waals surface area contributed by atoms with Crippen LogP contribution in [0.3, 0.4) is 0 Å². The fourth-order valence-corrected chi connectivity index (χ4v) is 9.35. The topological polar surface area (TPSA) is 110 Å². The van der Waals surface area contributed by atoms with Crippen molar-refractivity contribution in [2.75, 3.05) is 11.9 Å². The number of anilines is 1. The van der Waals surface area contributed by atoms with Crippen LogP contribution < -0.4 is 5.32 Å². The highest BCUT2D eigenvalue weighted by atomic mass is 79.9. The van der Waals surface area contributed by atoms with Gasteiger partial charge in [0.1, 0.15) is 15.8 Å². The van der Waals surface area contributed by atoms with E-state index >= 15 is 0 Å². The lowest BCUT2D eigenvalue weighted by molar-refractivity contribution is -0.146. The highest BCUT2D eigenvalue weighted by molar-refractivity contribution is 9.10. The van der Waals surface area contributed by atoms with Gasteiger partial charge >= 0.3 is 5.97 Å². The molecule has 5 aromatic rings. The summed E-state index contributed by atoms with van der Waals surface area (Å²) >= 11 is 18.6. The normalized spacial score (nSPS) is 22.7. The Morgan fingerprint density at radius 3 is 1.66 bits per heavy atom. The number of carbonyl (C=O) groups excluding carboxylic acids is 5. The van der Waals surface area contributed by atoms with Crippen LogP contribution in [0.1, 0.15) is 48.5 Å². The monoisotopic (exact) mass is 806 g/mol. The summed E-state index contributed by atoms with van der Waals surface area (Å²) in [6.45, 7) is -0.441. The molecule has 3 atom stereocenters. The molecular weight excluding hydrogens is 779 g/mol. The summed E-state index contributed by atoms with van der Waals surface area (Å²) < 4.78 is 6.05. The number of imide groups is 1. The molecule has 1 fully saturated rings. The number of carbonyl (C=O) groups is 5. The molecule has 0 spiro atoms. The van der Waals surface area contributed by atoms with Crippen LogP contribution in [0.2, 0.25) is 0 Å². The Balaban J connectivity index is 1.07. The Labute approximate surface area is 323 Å². The molecule has 11 heteroatoms. The number of rotatable bonds is 9. The Bertz CT molecular complexity index is 2190. The molecular formula is C42H29BrCl2N2O6. The predicted molar refractivity (Wildman–Crippen MR) is 203 cm³/mol. The molecule has 0 aromatic heterocycles. The number of benzene rings is 5. The molecule has 9 rings (SSSR count). The average Bonchev–Trinajstić information content (AvgIpc) is 3.46. The van der Waals surface area contributed by atoms with Crippen LogP contribution in [-0.2, 0) is 35.3 Å². The van der Waals surface area contributed by atoms with Gasteiger partial charge in [-0.15, -0.1) is 23.2 Å². The first kappa shape index (κ1) is 35.0. The fourth-order valence-electron chi connectivity index (χ4n) is 7.98. The molecule has 1 saturated heterocycles. The van der Waals surface area contributed by atoms with Crippen molar-refractivity contribution < 1.29 is 28.7 Å². The quantitative estimate of drug-likeness (QED) is 0.0711. The van der Waals surface area contributed by atoms with Gasteiger partial charge in [0, 0.05) is 22.1 Å². The summed E-state index contributed by atoms with van der Waals surface area (Å²) in [5, 5.41) is 2.83. The third-order valence-electron chi connectivity index (χ3n) is 10.4. The van der Waals surface area contributed by atoms with Crippen LogP contribution in [0.25, 0.3) is 0 Å². The van der Waals surface area contributed by atoms with Crippen molar-refractivity contribution >= 4 is 74.3 Å². The number of Topliss-reactive ketones (excluding diaryl/α,β-unsaturated/α-hetero) is 1. The molecule has 5 aromatic carbocycles. The lowest BCUT2D eigenvalue weighted by Gasteiger charge is -2.54. The lowest BCUT2D eigenvalue weighted by atomic mass is 9.54. The number of amides is 3. The first-order valence-electron chi connectivity index (χ1n) is 16.9. The number of nitrogens with zero attached hydrogens (tertiary/aromatic N) is 1. The van der Waals surface area contributed by atoms with Crippen molar-refractivity contribution in [3.63, 3.8) is 0 Å². The highest BCUT2D eigenvalue weighted by Crippen LogP contribution is 2.69. The van der Waals surface area contributed by atoms with Gasteiger partial charge in [0.05, 0.1) is 17.4 Å². The minimum Gasteiger partial charge on any atom is -0.454 e. The Hall–Kier alpha value is -5.09. The van der Waals surface area contributed by atoms with Gasteiger partial charge in [-0.05, 0) is 64.2 Å². The van der Waals surface area contributed by atoms with Crippen LogP contribution in [0.15, 0.2) is 132 Å². The molecule has 0 radical (unpaired) electrons. The van der Waals surface area contributed by atoms with Gasteiger partial charge in [-0.3, -0.25) is 24.1 Å². The molecule has 1 N–H and O–H groups in total. The molecule has 8 nitrogen and oxygen atoms in total. The second-order valence-electron chi connectivity index (χ2n) is 13.3. The van der Waals surface area contributed by atoms with E-state index in [2.05, 4.69) is 21.2 Å². The van der Waals surface area contributed by atoms with Crippen molar-refractivity contribution in [1.82, 2.24) is 4.90 Å². The number of likely N-dealkylation sites (tertiary alicyclic amines) is 1. The van der Waals surface area contributed by atoms with Crippen molar-refractivity contribution in [2.45, 2.75) is 22.2 Å². The average molecular weight is 809 g/mol. The van der Waals surface area contributed by atoms with E-state index in [1.54, 1.807) is 24.3 Å². The largest absolute Gasteiger partial charge is 0.454 e. The van der Waals surface area contributed by atoms with Crippen LogP contribution in [0.5, 0.6) is 0 Å². The molecule has 2 bridgehead atoms.